The van der Waals surface area contributed by atoms with E-state index in [-0.39, 0.29) is 6.04 Å². The summed E-state index contributed by atoms with van der Waals surface area (Å²) < 4.78 is 5.50. The van der Waals surface area contributed by atoms with Gasteiger partial charge in [-0.2, -0.15) is 0 Å². The van der Waals surface area contributed by atoms with E-state index in [1.807, 2.05) is 24.5 Å². The minimum atomic E-state index is 0.121. The van der Waals surface area contributed by atoms with Crippen LogP contribution in [-0.2, 0) is 11.2 Å². The first-order chi connectivity index (χ1) is 7.90. The number of nitrogens with one attached hydrogen (secondary N) is 1. The van der Waals surface area contributed by atoms with Gasteiger partial charge in [0.15, 0.2) is 0 Å². The van der Waals surface area contributed by atoms with Crippen LogP contribution in [0.5, 0.6) is 0 Å². The third kappa shape index (κ3) is 2.81. The molecule has 0 saturated heterocycles. The Morgan fingerprint density at radius 2 is 2.25 bits per heavy atom. The van der Waals surface area contributed by atoms with Crippen LogP contribution in [0.3, 0.4) is 0 Å². The number of ether oxygens (including phenoxy) is 1. The van der Waals surface area contributed by atoms with Gasteiger partial charge in [-0.1, -0.05) is 0 Å². The predicted molar refractivity (Wildman–Crippen MR) is 62.3 cm³/mol. The molecule has 1 aromatic rings. The zero-order valence-corrected chi connectivity index (χ0v) is 9.23. The summed E-state index contributed by atoms with van der Waals surface area (Å²) in [6, 6.07) is 4.17. The number of hydrogen-bond donors (Lipinski definition) is 2. The SMILES string of the molecule is NNC(CCc1ccncc1)C1=CCCO1. The van der Waals surface area contributed by atoms with Crippen LogP contribution in [-0.4, -0.2) is 17.6 Å². The number of pyridine rings is 1. The molecule has 4 nitrogen and oxygen atoms in total. The summed E-state index contributed by atoms with van der Waals surface area (Å²) in [5.41, 5.74) is 4.08. The average Bonchev–Trinajstić information content (AvgIpc) is 2.85. The molecule has 0 amide bonds. The Kier molecular flexibility index (Phi) is 3.91. The van der Waals surface area contributed by atoms with Crippen LogP contribution < -0.4 is 11.3 Å². The van der Waals surface area contributed by atoms with Gasteiger partial charge >= 0.3 is 0 Å². The second-order valence-corrected chi connectivity index (χ2v) is 3.86. The van der Waals surface area contributed by atoms with E-state index in [2.05, 4.69) is 16.5 Å². The van der Waals surface area contributed by atoms with E-state index in [0.717, 1.165) is 31.6 Å². The first-order valence-electron chi connectivity index (χ1n) is 5.58. The van der Waals surface area contributed by atoms with Crippen molar-refractivity contribution < 1.29 is 4.74 Å². The van der Waals surface area contributed by atoms with Crippen LogP contribution in [0.2, 0.25) is 0 Å². The van der Waals surface area contributed by atoms with Gasteiger partial charge in [0.25, 0.3) is 0 Å². The van der Waals surface area contributed by atoms with Crippen LogP contribution >= 0.6 is 0 Å². The van der Waals surface area contributed by atoms with Crippen molar-refractivity contribution in [2.24, 2.45) is 5.84 Å². The molecule has 0 fully saturated rings. The van der Waals surface area contributed by atoms with Crippen LogP contribution in [0.15, 0.2) is 36.4 Å². The number of aryl methyl sites for hydroxylation is 1. The summed E-state index contributed by atoms with van der Waals surface area (Å²) in [7, 11) is 0. The highest BCUT2D eigenvalue weighted by molar-refractivity contribution is 5.12. The number of nitrogens with zero attached hydrogens (tertiary/aromatic N) is 1. The predicted octanol–water partition coefficient (Wildman–Crippen LogP) is 1.15. The van der Waals surface area contributed by atoms with Gasteiger partial charge in [-0.25, -0.2) is 5.43 Å². The molecule has 16 heavy (non-hydrogen) atoms. The molecule has 4 heteroatoms. The van der Waals surface area contributed by atoms with Gasteiger partial charge in [0.05, 0.1) is 12.6 Å². The van der Waals surface area contributed by atoms with Gasteiger partial charge in [0.1, 0.15) is 5.76 Å². The third-order valence-corrected chi connectivity index (χ3v) is 2.75. The first-order valence-corrected chi connectivity index (χ1v) is 5.58. The fraction of sp³-hybridized carbons (Fsp3) is 0.417. The lowest BCUT2D eigenvalue weighted by Gasteiger charge is -2.16. The summed E-state index contributed by atoms with van der Waals surface area (Å²) in [4.78, 5) is 3.99. The molecule has 0 aliphatic carbocycles. The number of hydrogen-bond acceptors (Lipinski definition) is 4. The normalized spacial score (nSPS) is 16.7. The summed E-state index contributed by atoms with van der Waals surface area (Å²) in [5.74, 6) is 6.52. The monoisotopic (exact) mass is 219 g/mol. The van der Waals surface area contributed by atoms with Crippen molar-refractivity contribution in [3.8, 4) is 0 Å². The Hall–Kier alpha value is -1.39. The molecule has 2 rings (SSSR count). The molecule has 1 aliphatic rings. The highest BCUT2D eigenvalue weighted by atomic mass is 16.5. The molecule has 0 spiro atoms. The summed E-state index contributed by atoms with van der Waals surface area (Å²) >= 11 is 0. The number of nitrogens with two attached hydrogens (primary N) is 1. The van der Waals surface area contributed by atoms with Gasteiger partial charge in [0, 0.05) is 18.8 Å². The zero-order chi connectivity index (χ0) is 11.2. The molecule has 0 radical (unpaired) electrons. The minimum Gasteiger partial charge on any atom is -0.496 e. The van der Waals surface area contributed by atoms with Crippen molar-refractivity contribution >= 4 is 0 Å². The zero-order valence-electron chi connectivity index (χ0n) is 9.23. The minimum absolute atomic E-state index is 0.121. The lowest BCUT2D eigenvalue weighted by atomic mass is 10.1. The van der Waals surface area contributed by atoms with Crippen LogP contribution in [0.1, 0.15) is 18.4 Å². The molecule has 1 aliphatic heterocycles. The van der Waals surface area contributed by atoms with Crippen molar-refractivity contribution in [2.45, 2.75) is 25.3 Å². The average molecular weight is 219 g/mol. The quantitative estimate of drug-likeness (QED) is 0.576. The summed E-state index contributed by atoms with van der Waals surface area (Å²) in [6.07, 6.45) is 8.63. The molecular weight excluding hydrogens is 202 g/mol. The summed E-state index contributed by atoms with van der Waals surface area (Å²) in [5, 5.41) is 0. The van der Waals surface area contributed by atoms with E-state index < -0.39 is 0 Å². The number of rotatable bonds is 5. The lowest BCUT2D eigenvalue weighted by Crippen LogP contribution is -2.37. The Morgan fingerprint density at radius 3 is 2.88 bits per heavy atom. The Labute approximate surface area is 95.5 Å². The van der Waals surface area contributed by atoms with Crippen LogP contribution in [0, 0.1) is 0 Å². The van der Waals surface area contributed by atoms with E-state index in [9.17, 15) is 0 Å². The van der Waals surface area contributed by atoms with Crippen molar-refractivity contribution in [1.29, 1.82) is 0 Å². The molecule has 0 aromatic carbocycles. The van der Waals surface area contributed by atoms with E-state index in [0.29, 0.717) is 0 Å². The maximum Gasteiger partial charge on any atom is 0.110 e. The topological polar surface area (TPSA) is 60.2 Å². The second kappa shape index (κ2) is 5.63. The van der Waals surface area contributed by atoms with E-state index >= 15 is 0 Å². The molecule has 1 unspecified atom stereocenters. The maximum atomic E-state index is 5.53. The summed E-state index contributed by atoms with van der Waals surface area (Å²) in [6.45, 7) is 0.781. The van der Waals surface area contributed by atoms with E-state index in [1.54, 1.807) is 0 Å². The standard InChI is InChI=1S/C12H17N3O/c13-15-11(12-2-1-9-16-12)4-3-10-5-7-14-8-6-10/h2,5-8,11,15H,1,3-4,9,13H2. The molecule has 86 valence electrons. The molecule has 0 bridgehead atoms. The van der Waals surface area contributed by atoms with Crippen LogP contribution in [0.25, 0.3) is 0 Å². The second-order valence-electron chi connectivity index (χ2n) is 3.86. The third-order valence-electron chi connectivity index (χ3n) is 2.75. The van der Waals surface area contributed by atoms with Crippen LogP contribution in [0.4, 0.5) is 0 Å². The van der Waals surface area contributed by atoms with Crippen molar-refractivity contribution in [2.75, 3.05) is 6.61 Å². The fourth-order valence-electron chi connectivity index (χ4n) is 1.85. The van der Waals surface area contributed by atoms with E-state index in [1.165, 1.54) is 5.56 Å². The lowest BCUT2D eigenvalue weighted by molar-refractivity contribution is 0.212. The maximum absolute atomic E-state index is 5.53. The van der Waals surface area contributed by atoms with Gasteiger partial charge in [-0.3, -0.25) is 10.8 Å². The van der Waals surface area contributed by atoms with Crippen molar-refractivity contribution in [3.05, 3.63) is 41.9 Å². The molecule has 1 aromatic heterocycles. The molecule has 1 atom stereocenters. The molecular formula is C12H17N3O. The van der Waals surface area contributed by atoms with Crippen molar-refractivity contribution in [3.63, 3.8) is 0 Å². The molecule has 0 saturated carbocycles. The highest BCUT2D eigenvalue weighted by Crippen LogP contribution is 2.17. The van der Waals surface area contributed by atoms with Crippen molar-refractivity contribution in [1.82, 2.24) is 10.4 Å². The van der Waals surface area contributed by atoms with Gasteiger partial charge < -0.3 is 4.74 Å². The van der Waals surface area contributed by atoms with Gasteiger partial charge in [-0.05, 0) is 36.6 Å². The Morgan fingerprint density at radius 1 is 1.44 bits per heavy atom. The smallest absolute Gasteiger partial charge is 0.110 e. The van der Waals surface area contributed by atoms with Gasteiger partial charge in [0.2, 0.25) is 0 Å². The number of aromatic nitrogens is 1. The largest absolute Gasteiger partial charge is 0.496 e. The van der Waals surface area contributed by atoms with Gasteiger partial charge in [-0.15, -0.1) is 0 Å². The first kappa shape index (κ1) is 11.1. The Bertz CT molecular complexity index is 351. The molecule has 3 N–H and O–H groups in total. The Balaban J connectivity index is 1.88. The number of hydrazine groups is 1. The fourth-order valence-corrected chi connectivity index (χ4v) is 1.85. The van der Waals surface area contributed by atoms with E-state index in [4.69, 9.17) is 10.6 Å². The highest BCUT2D eigenvalue weighted by Gasteiger charge is 2.16. The molecule has 2 heterocycles.